The normalized spacial score (nSPS) is 10.1. The summed E-state index contributed by atoms with van der Waals surface area (Å²) in [5.41, 5.74) is 2.02. The second-order valence-electron chi connectivity index (χ2n) is 2.50. The molecule has 78 valence electrons. The lowest BCUT2D eigenvalue weighted by Crippen LogP contribution is -1.94. The summed E-state index contributed by atoms with van der Waals surface area (Å²) in [6.07, 6.45) is 1.65. The molecule has 0 saturated heterocycles. The minimum Gasteiger partial charge on any atom is -0.457 e. The fourth-order valence-corrected chi connectivity index (χ4v) is 2.48. The van der Waals surface area contributed by atoms with Crippen LogP contribution in [0.4, 0.5) is 4.79 Å². The molecule has 0 aliphatic heterocycles. The SMILES string of the molecule is CCOC(=O)SSCc1nc[nH]c1C. The average molecular weight is 232 g/mol. The number of ether oxygens (including phenoxy) is 1. The highest BCUT2D eigenvalue weighted by molar-refractivity contribution is 8.81. The molecule has 0 spiro atoms. The standard InChI is InChI=1S/C8H12N2O2S2/c1-3-12-8(11)14-13-4-7-6(2)9-5-10-7/h5H,3-4H2,1-2H3,(H,9,10). The lowest BCUT2D eigenvalue weighted by molar-refractivity contribution is 0.182. The van der Waals surface area contributed by atoms with Crippen LogP contribution in [0.3, 0.4) is 0 Å². The van der Waals surface area contributed by atoms with Crippen molar-refractivity contribution in [3.8, 4) is 0 Å². The van der Waals surface area contributed by atoms with Gasteiger partial charge in [-0.1, -0.05) is 10.8 Å². The van der Waals surface area contributed by atoms with E-state index >= 15 is 0 Å². The van der Waals surface area contributed by atoms with Gasteiger partial charge >= 0.3 is 5.30 Å². The number of aryl methyl sites for hydroxylation is 1. The Kier molecular flexibility index (Phi) is 4.89. The topological polar surface area (TPSA) is 55.0 Å². The zero-order valence-corrected chi connectivity index (χ0v) is 9.70. The number of rotatable bonds is 4. The summed E-state index contributed by atoms with van der Waals surface area (Å²) in [6.45, 7) is 4.17. The Morgan fingerprint density at radius 3 is 3.07 bits per heavy atom. The maximum atomic E-state index is 10.9. The number of H-pyrrole nitrogens is 1. The first-order valence-electron chi connectivity index (χ1n) is 4.19. The van der Waals surface area contributed by atoms with Crippen molar-refractivity contribution in [1.29, 1.82) is 0 Å². The molecule has 0 fully saturated rings. The second-order valence-corrected chi connectivity index (χ2v) is 4.73. The molecule has 1 N–H and O–H groups in total. The Morgan fingerprint density at radius 1 is 1.71 bits per heavy atom. The summed E-state index contributed by atoms with van der Waals surface area (Å²) >= 11 is 0. The Balaban J connectivity index is 2.22. The third-order valence-corrected chi connectivity index (χ3v) is 3.40. The van der Waals surface area contributed by atoms with E-state index in [1.54, 1.807) is 13.3 Å². The highest BCUT2D eigenvalue weighted by Crippen LogP contribution is 2.27. The van der Waals surface area contributed by atoms with E-state index in [0.29, 0.717) is 12.4 Å². The van der Waals surface area contributed by atoms with Crippen molar-refractivity contribution in [3.05, 3.63) is 17.7 Å². The van der Waals surface area contributed by atoms with E-state index in [2.05, 4.69) is 9.97 Å². The van der Waals surface area contributed by atoms with Gasteiger partial charge in [-0.2, -0.15) is 0 Å². The van der Waals surface area contributed by atoms with Gasteiger partial charge in [-0.25, -0.2) is 9.78 Å². The largest absolute Gasteiger partial charge is 0.457 e. The number of nitrogens with one attached hydrogen (secondary N) is 1. The van der Waals surface area contributed by atoms with Gasteiger partial charge in [0.15, 0.2) is 0 Å². The molecule has 6 heteroatoms. The molecule has 1 rings (SSSR count). The number of carbonyl (C=O) groups excluding carboxylic acids is 1. The third kappa shape index (κ3) is 3.63. The van der Waals surface area contributed by atoms with Crippen molar-refractivity contribution in [1.82, 2.24) is 9.97 Å². The van der Waals surface area contributed by atoms with Gasteiger partial charge in [-0.15, -0.1) is 0 Å². The molecule has 0 unspecified atom stereocenters. The van der Waals surface area contributed by atoms with Crippen LogP contribution in [-0.4, -0.2) is 21.9 Å². The number of imidazole rings is 1. The van der Waals surface area contributed by atoms with E-state index in [1.807, 2.05) is 6.92 Å². The Hall–Kier alpha value is -0.620. The molecular formula is C8H12N2O2S2. The summed E-state index contributed by atoms with van der Waals surface area (Å²) in [6, 6.07) is 0. The maximum Gasteiger partial charge on any atom is 0.378 e. The number of aromatic nitrogens is 2. The fraction of sp³-hybridized carbons (Fsp3) is 0.500. The van der Waals surface area contributed by atoms with Crippen molar-refractivity contribution in [2.75, 3.05) is 6.61 Å². The van der Waals surface area contributed by atoms with E-state index in [4.69, 9.17) is 4.74 Å². The molecule has 0 atom stereocenters. The van der Waals surface area contributed by atoms with Gasteiger partial charge in [-0.05, 0) is 13.8 Å². The number of aromatic amines is 1. The van der Waals surface area contributed by atoms with E-state index in [0.717, 1.165) is 22.2 Å². The lowest BCUT2D eigenvalue weighted by atomic mass is 10.4. The Bertz CT molecular complexity index is 301. The van der Waals surface area contributed by atoms with Crippen molar-refractivity contribution >= 4 is 26.9 Å². The van der Waals surface area contributed by atoms with E-state index in [9.17, 15) is 4.79 Å². The molecule has 0 aliphatic rings. The highest BCUT2D eigenvalue weighted by atomic mass is 33.1. The number of carbonyl (C=O) groups is 1. The minimum atomic E-state index is -0.245. The van der Waals surface area contributed by atoms with Crippen molar-refractivity contribution < 1.29 is 9.53 Å². The first-order chi connectivity index (χ1) is 6.74. The molecule has 14 heavy (non-hydrogen) atoms. The highest BCUT2D eigenvalue weighted by Gasteiger charge is 2.05. The maximum absolute atomic E-state index is 10.9. The van der Waals surface area contributed by atoms with Crippen LogP contribution in [0.25, 0.3) is 0 Å². The fourth-order valence-electron chi connectivity index (χ4n) is 0.808. The quantitative estimate of drug-likeness (QED) is 0.639. The van der Waals surface area contributed by atoms with E-state index < -0.39 is 0 Å². The zero-order chi connectivity index (χ0) is 10.4. The number of nitrogens with zero attached hydrogens (tertiary/aromatic N) is 1. The van der Waals surface area contributed by atoms with Crippen LogP contribution in [0.1, 0.15) is 18.3 Å². The van der Waals surface area contributed by atoms with Crippen LogP contribution in [0, 0.1) is 6.92 Å². The van der Waals surface area contributed by atoms with Crippen molar-refractivity contribution in [3.63, 3.8) is 0 Å². The molecule has 0 amide bonds. The van der Waals surface area contributed by atoms with Gasteiger partial charge in [0.05, 0.1) is 18.6 Å². The average Bonchev–Trinajstić information content (AvgIpc) is 2.52. The molecule has 1 aromatic rings. The van der Waals surface area contributed by atoms with Gasteiger partial charge in [0.2, 0.25) is 0 Å². The van der Waals surface area contributed by atoms with Crippen LogP contribution in [0.5, 0.6) is 0 Å². The summed E-state index contributed by atoms with van der Waals surface area (Å²) in [5, 5.41) is -0.245. The van der Waals surface area contributed by atoms with Crippen LogP contribution in [0.15, 0.2) is 6.33 Å². The summed E-state index contributed by atoms with van der Waals surface area (Å²) in [4.78, 5) is 18.0. The Morgan fingerprint density at radius 2 is 2.50 bits per heavy atom. The summed E-state index contributed by atoms with van der Waals surface area (Å²) in [5.74, 6) is 0.707. The summed E-state index contributed by atoms with van der Waals surface area (Å²) in [7, 11) is 2.54. The van der Waals surface area contributed by atoms with Crippen LogP contribution >= 0.6 is 21.6 Å². The summed E-state index contributed by atoms with van der Waals surface area (Å²) < 4.78 is 4.77. The minimum absolute atomic E-state index is 0.245. The van der Waals surface area contributed by atoms with E-state index in [1.165, 1.54) is 10.8 Å². The molecule has 1 aromatic heterocycles. The van der Waals surface area contributed by atoms with Crippen LogP contribution in [-0.2, 0) is 10.5 Å². The van der Waals surface area contributed by atoms with Crippen LogP contribution < -0.4 is 0 Å². The monoisotopic (exact) mass is 232 g/mol. The van der Waals surface area contributed by atoms with Crippen molar-refractivity contribution in [2.45, 2.75) is 19.6 Å². The first kappa shape index (κ1) is 11.5. The molecule has 1 heterocycles. The zero-order valence-electron chi connectivity index (χ0n) is 8.07. The van der Waals surface area contributed by atoms with Gasteiger partial charge in [0.1, 0.15) is 0 Å². The smallest absolute Gasteiger partial charge is 0.378 e. The Labute approximate surface area is 90.6 Å². The second kappa shape index (κ2) is 5.98. The van der Waals surface area contributed by atoms with Crippen LogP contribution in [0.2, 0.25) is 0 Å². The predicted octanol–water partition coefficient (Wildman–Crippen LogP) is 2.76. The molecule has 0 radical (unpaired) electrons. The molecule has 0 bridgehead atoms. The first-order valence-corrected chi connectivity index (χ1v) is 6.51. The molecule has 4 nitrogen and oxygen atoms in total. The van der Waals surface area contributed by atoms with Gasteiger partial charge in [-0.3, -0.25) is 0 Å². The molecule has 0 aromatic carbocycles. The van der Waals surface area contributed by atoms with Gasteiger partial charge < -0.3 is 9.72 Å². The van der Waals surface area contributed by atoms with Crippen molar-refractivity contribution in [2.24, 2.45) is 0 Å². The predicted molar refractivity (Wildman–Crippen MR) is 59.2 cm³/mol. The number of hydrogen-bond acceptors (Lipinski definition) is 5. The third-order valence-electron chi connectivity index (χ3n) is 1.52. The lowest BCUT2D eigenvalue weighted by Gasteiger charge is -1.99. The number of hydrogen-bond donors (Lipinski definition) is 1. The molecular weight excluding hydrogens is 220 g/mol. The molecule has 0 saturated carbocycles. The van der Waals surface area contributed by atoms with Gasteiger partial charge in [0, 0.05) is 22.2 Å². The van der Waals surface area contributed by atoms with Gasteiger partial charge in [0.25, 0.3) is 0 Å². The molecule has 0 aliphatic carbocycles. The van der Waals surface area contributed by atoms with E-state index in [-0.39, 0.29) is 5.30 Å².